The van der Waals surface area contributed by atoms with E-state index in [4.69, 9.17) is 4.74 Å². The van der Waals surface area contributed by atoms with Gasteiger partial charge in [0.15, 0.2) is 5.65 Å². The second-order valence-corrected chi connectivity index (χ2v) is 9.53. The van der Waals surface area contributed by atoms with Crippen LogP contribution in [0.4, 0.5) is 10.1 Å². The van der Waals surface area contributed by atoms with Gasteiger partial charge < -0.3 is 24.3 Å². The lowest BCUT2D eigenvalue weighted by atomic mass is 10.0. The fourth-order valence-electron chi connectivity index (χ4n) is 4.80. The Morgan fingerprint density at radius 3 is 2.63 bits per heavy atom. The van der Waals surface area contributed by atoms with Crippen molar-refractivity contribution in [1.82, 2.24) is 19.2 Å². The van der Waals surface area contributed by atoms with Gasteiger partial charge in [0.2, 0.25) is 5.91 Å². The predicted octanol–water partition coefficient (Wildman–Crippen LogP) is 4.80. The van der Waals surface area contributed by atoms with E-state index < -0.39 is 6.17 Å². The van der Waals surface area contributed by atoms with Gasteiger partial charge >= 0.3 is 0 Å². The second-order valence-electron chi connectivity index (χ2n) is 9.53. The molecule has 2 aromatic rings. The van der Waals surface area contributed by atoms with Crippen LogP contribution < -0.4 is 5.32 Å². The average molecular weight is 488 g/mol. The van der Waals surface area contributed by atoms with Crippen molar-refractivity contribution >= 4 is 17.2 Å². The summed E-state index contributed by atoms with van der Waals surface area (Å²) in [5.41, 5.74) is 3.50. The highest BCUT2D eigenvalue weighted by Crippen LogP contribution is 2.29. The van der Waals surface area contributed by atoms with Gasteiger partial charge in [-0.25, -0.2) is 9.37 Å². The van der Waals surface area contributed by atoms with Crippen LogP contribution in [0.15, 0.2) is 31.1 Å². The lowest BCUT2D eigenvalue weighted by Gasteiger charge is -2.38. The van der Waals surface area contributed by atoms with E-state index in [1.54, 1.807) is 6.92 Å². The SMILES string of the molecule is C=CC(=O)N1CCOC(CN2CCC(Nc3cc(C(C)F)cn4c(C(C)C)cnc34)CC2)C1.CC. The monoisotopic (exact) mass is 487 g/mol. The molecule has 0 bridgehead atoms. The maximum atomic E-state index is 14.2. The Morgan fingerprint density at radius 2 is 2.00 bits per heavy atom. The fraction of sp³-hybridized carbons (Fsp3) is 0.630. The number of imidazole rings is 1. The molecule has 2 unspecified atom stereocenters. The number of alkyl halides is 1. The van der Waals surface area contributed by atoms with Gasteiger partial charge in [0, 0.05) is 62.4 Å². The van der Waals surface area contributed by atoms with Crippen LogP contribution in [-0.2, 0) is 9.53 Å². The van der Waals surface area contributed by atoms with E-state index in [2.05, 4.69) is 35.6 Å². The van der Waals surface area contributed by atoms with Crippen molar-refractivity contribution in [2.24, 2.45) is 0 Å². The minimum atomic E-state index is -1.04. The fourth-order valence-corrected chi connectivity index (χ4v) is 4.80. The van der Waals surface area contributed by atoms with Gasteiger partial charge in [0.05, 0.1) is 18.4 Å². The van der Waals surface area contributed by atoms with Crippen LogP contribution >= 0.6 is 0 Å². The largest absolute Gasteiger partial charge is 0.379 e. The highest BCUT2D eigenvalue weighted by molar-refractivity contribution is 5.87. The van der Waals surface area contributed by atoms with Crippen molar-refractivity contribution in [3.8, 4) is 0 Å². The Morgan fingerprint density at radius 1 is 1.29 bits per heavy atom. The van der Waals surface area contributed by atoms with Crippen LogP contribution in [0.3, 0.4) is 0 Å². The molecule has 2 aliphatic rings. The first-order valence-corrected chi connectivity index (χ1v) is 13.0. The molecule has 35 heavy (non-hydrogen) atoms. The van der Waals surface area contributed by atoms with Crippen LogP contribution in [0.2, 0.25) is 0 Å². The molecule has 2 aliphatic heterocycles. The molecule has 4 rings (SSSR count). The highest BCUT2D eigenvalue weighted by Gasteiger charge is 2.27. The van der Waals surface area contributed by atoms with E-state index in [9.17, 15) is 9.18 Å². The molecular formula is C27H42FN5O2. The number of piperidine rings is 1. The summed E-state index contributed by atoms with van der Waals surface area (Å²) in [5.74, 6) is 0.280. The number of fused-ring (bicyclic) bond motifs is 1. The molecule has 0 aromatic carbocycles. The Bertz CT molecular complexity index is 981. The number of rotatable bonds is 7. The third-order valence-electron chi connectivity index (χ3n) is 6.74. The molecule has 2 saturated heterocycles. The van der Waals surface area contributed by atoms with Gasteiger partial charge in [0.25, 0.3) is 0 Å². The molecule has 1 N–H and O–H groups in total. The van der Waals surface area contributed by atoms with Crippen LogP contribution in [0.1, 0.15) is 70.8 Å². The molecule has 0 spiro atoms. The van der Waals surface area contributed by atoms with Gasteiger partial charge in [-0.1, -0.05) is 34.3 Å². The van der Waals surface area contributed by atoms with Gasteiger partial charge in [-0.3, -0.25) is 4.79 Å². The number of hydrogen-bond donors (Lipinski definition) is 1. The van der Waals surface area contributed by atoms with Crippen molar-refractivity contribution in [3.05, 3.63) is 42.4 Å². The molecule has 2 aromatic heterocycles. The van der Waals surface area contributed by atoms with E-state index in [0.29, 0.717) is 37.2 Å². The molecule has 194 valence electrons. The Kier molecular flexibility index (Phi) is 9.69. The summed E-state index contributed by atoms with van der Waals surface area (Å²) in [6.07, 6.45) is 6.12. The van der Waals surface area contributed by atoms with Crippen LogP contribution in [0.5, 0.6) is 0 Å². The molecule has 8 heteroatoms. The summed E-state index contributed by atoms with van der Waals surface area (Å²) >= 11 is 0. The van der Waals surface area contributed by atoms with Gasteiger partial charge in [0.1, 0.15) is 6.17 Å². The van der Waals surface area contributed by atoms with E-state index in [1.165, 1.54) is 6.08 Å². The molecule has 2 atom stereocenters. The van der Waals surface area contributed by atoms with E-state index in [0.717, 1.165) is 49.5 Å². The van der Waals surface area contributed by atoms with Crippen molar-refractivity contribution in [3.63, 3.8) is 0 Å². The first kappa shape index (κ1) is 27.1. The number of likely N-dealkylation sites (tertiary alicyclic amines) is 1. The first-order chi connectivity index (χ1) is 16.9. The van der Waals surface area contributed by atoms with Crippen molar-refractivity contribution in [2.45, 2.75) is 71.7 Å². The first-order valence-electron chi connectivity index (χ1n) is 13.0. The molecule has 7 nitrogen and oxygen atoms in total. The zero-order valence-corrected chi connectivity index (χ0v) is 22.0. The predicted molar refractivity (Wildman–Crippen MR) is 140 cm³/mol. The smallest absolute Gasteiger partial charge is 0.246 e. The number of carbonyl (C=O) groups excluding carboxylic acids is 1. The molecular weight excluding hydrogens is 445 g/mol. The van der Waals surface area contributed by atoms with Crippen molar-refractivity contribution < 1.29 is 13.9 Å². The Balaban J connectivity index is 0.00000167. The molecule has 0 saturated carbocycles. The van der Waals surface area contributed by atoms with Crippen LogP contribution in [0.25, 0.3) is 5.65 Å². The van der Waals surface area contributed by atoms with Crippen LogP contribution in [-0.4, -0.2) is 76.6 Å². The normalized spacial score (nSPS) is 20.4. The van der Waals surface area contributed by atoms with Gasteiger partial charge in [-0.2, -0.15) is 0 Å². The molecule has 1 amide bonds. The Hall–Kier alpha value is -2.45. The molecule has 0 aliphatic carbocycles. The number of amides is 1. The number of halogens is 1. The summed E-state index contributed by atoms with van der Waals surface area (Å²) in [7, 11) is 0. The van der Waals surface area contributed by atoms with Crippen molar-refractivity contribution in [1.29, 1.82) is 0 Å². The van der Waals surface area contributed by atoms with Crippen molar-refractivity contribution in [2.75, 3.05) is 44.6 Å². The van der Waals surface area contributed by atoms with Gasteiger partial charge in [-0.05, 0) is 37.8 Å². The third kappa shape index (κ3) is 6.61. The topological polar surface area (TPSA) is 62.1 Å². The zero-order valence-electron chi connectivity index (χ0n) is 22.0. The lowest BCUT2D eigenvalue weighted by molar-refractivity contribution is -0.134. The number of nitrogens with zero attached hydrogens (tertiary/aromatic N) is 4. The minimum absolute atomic E-state index is 0.0260. The maximum absolute atomic E-state index is 14.2. The zero-order chi connectivity index (χ0) is 25.5. The highest BCUT2D eigenvalue weighted by atomic mass is 19.1. The molecule has 0 radical (unpaired) electrons. The summed E-state index contributed by atoms with van der Waals surface area (Å²) in [6, 6.07) is 2.21. The molecule has 2 fully saturated rings. The van der Waals surface area contributed by atoms with E-state index in [-0.39, 0.29) is 12.0 Å². The van der Waals surface area contributed by atoms with Gasteiger partial charge in [-0.15, -0.1) is 0 Å². The average Bonchev–Trinajstić information content (AvgIpc) is 3.31. The Labute approximate surface area is 209 Å². The number of hydrogen-bond acceptors (Lipinski definition) is 5. The summed E-state index contributed by atoms with van der Waals surface area (Å²) in [4.78, 5) is 20.8. The van der Waals surface area contributed by atoms with E-state index in [1.807, 2.05) is 41.6 Å². The minimum Gasteiger partial charge on any atom is -0.379 e. The quantitative estimate of drug-likeness (QED) is 0.568. The lowest BCUT2D eigenvalue weighted by Crippen LogP contribution is -2.51. The second kappa shape index (κ2) is 12.5. The number of ether oxygens (including phenoxy) is 1. The maximum Gasteiger partial charge on any atom is 0.246 e. The standard InChI is InChI=1S/C25H36FN5O2.C2H6/c1-5-24(32)30-10-11-33-21(16-30)15-29-8-6-20(7-9-29)28-22-12-19(18(4)26)14-31-23(17(2)3)13-27-25(22)31;1-2/h5,12-14,17-18,20-21,28H,1,6-11,15-16H2,2-4H3;1-2H3. The summed E-state index contributed by atoms with van der Waals surface area (Å²) in [5, 5.41) is 3.65. The summed E-state index contributed by atoms with van der Waals surface area (Å²) in [6.45, 7) is 18.0. The third-order valence-corrected chi connectivity index (χ3v) is 6.74. The number of pyridine rings is 1. The molecule has 4 heterocycles. The summed E-state index contributed by atoms with van der Waals surface area (Å²) < 4.78 is 22.2. The number of morpholine rings is 1. The van der Waals surface area contributed by atoms with Crippen LogP contribution in [0, 0.1) is 0 Å². The number of nitrogens with one attached hydrogen (secondary N) is 1. The van der Waals surface area contributed by atoms with E-state index >= 15 is 0 Å². The number of anilines is 1. The number of carbonyl (C=O) groups is 1. The number of aromatic nitrogens is 2.